The number of rotatable bonds is 3. The van der Waals surface area contributed by atoms with E-state index in [1.54, 1.807) is 0 Å². The Hall–Kier alpha value is -6.65. The zero-order valence-electron chi connectivity index (χ0n) is 27.1. The lowest BCUT2D eigenvalue weighted by Gasteiger charge is -2.27. The Morgan fingerprint density at radius 2 is 1.08 bits per heavy atom. The van der Waals surface area contributed by atoms with Crippen LogP contribution in [0.3, 0.4) is 0 Å². The van der Waals surface area contributed by atoms with Gasteiger partial charge in [-0.15, -0.1) is 0 Å². The monoisotopic (exact) mass is 638 g/mol. The molecule has 1 atom stereocenters. The number of aromatic nitrogens is 2. The van der Waals surface area contributed by atoms with Gasteiger partial charge in [-0.1, -0.05) is 133 Å². The Kier molecular flexibility index (Phi) is 5.69. The summed E-state index contributed by atoms with van der Waals surface area (Å²) >= 11 is 0. The van der Waals surface area contributed by atoms with Crippen molar-refractivity contribution >= 4 is 55.0 Å². The predicted molar refractivity (Wildman–Crippen MR) is 208 cm³/mol. The highest BCUT2D eigenvalue weighted by molar-refractivity contribution is 6.19. The summed E-state index contributed by atoms with van der Waals surface area (Å²) in [4.78, 5) is 5.42. The van der Waals surface area contributed by atoms with Crippen LogP contribution in [0.1, 0.15) is 17.4 Å². The number of benzene rings is 7. The van der Waals surface area contributed by atoms with Crippen molar-refractivity contribution in [3.05, 3.63) is 181 Å². The van der Waals surface area contributed by atoms with E-state index in [4.69, 9.17) is 4.99 Å². The van der Waals surface area contributed by atoms with Crippen molar-refractivity contribution in [3.63, 3.8) is 0 Å². The molecule has 0 bridgehead atoms. The van der Waals surface area contributed by atoms with Crippen LogP contribution in [0.15, 0.2) is 175 Å². The molecule has 0 saturated carbocycles. The molecule has 11 rings (SSSR count). The summed E-state index contributed by atoms with van der Waals surface area (Å²) in [6.45, 7) is 0. The summed E-state index contributed by atoms with van der Waals surface area (Å²) in [5.74, 6) is 0. The van der Waals surface area contributed by atoms with Crippen LogP contribution >= 0.6 is 0 Å². The number of nitrogens with one attached hydrogen (secondary N) is 1. The van der Waals surface area contributed by atoms with Crippen molar-refractivity contribution in [1.82, 2.24) is 14.5 Å². The van der Waals surface area contributed by atoms with Crippen LogP contribution in [0.25, 0.3) is 77.2 Å². The summed E-state index contributed by atoms with van der Waals surface area (Å²) in [6, 6.07) is 59.1. The van der Waals surface area contributed by atoms with Gasteiger partial charge in [0, 0.05) is 38.4 Å². The minimum absolute atomic E-state index is 0.368. The van der Waals surface area contributed by atoms with Gasteiger partial charge in [-0.2, -0.15) is 0 Å². The lowest BCUT2D eigenvalue weighted by Crippen LogP contribution is -2.29. The van der Waals surface area contributed by atoms with Gasteiger partial charge >= 0.3 is 0 Å². The van der Waals surface area contributed by atoms with E-state index in [1.165, 1.54) is 60.5 Å². The van der Waals surface area contributed by atoms with Crippen molar-refractivity contribution in [3.8, 4) is 27.9 Å². The molecule has 0 radical (unpaired) electrons. The molecule has 0 fully saturated rings. The number of fused-ring (bicyclic) bond motifs is 11. The van der Waals surface area contributed by atoms with Gasteiger partial charge in [-0.3, -0.25) is 0 Å². The van der Waals surface area contributed by atoms with Crippen LogP contribution in [0.5, 0.6) is 0 Å². The molecule has 0 saturated heterocycles. The third kappa shape index (κ3) is 3.84. The van der Waals surface area contributed by atoms with Crippen LogP contribution in [-0.4, -0.2) is 14.8 Å². The van der Waals surface area contributed by atoms with Crippen molar-refractivity contribution in [2.24, 2.45) is 4.99 Å². The van der Waals surface area contributed by atoms with Gasteiger partial charge < -0.3 is 14.5 Å². The highest BCUT2D eigenvalue weighted by atomic mass is 15.3. The molecule has 1 unspecified atom stereocenters. The fourth-order valence-corrected chi connectivity index (χ4v) is 8.33. The second-order valence-corrected chi connectivity index (χ2v) is 13.2. The van der Waals surface area contributed by atoms with Crippen molar-refractivity contribution < 1.29 is 0 Å². The SMILES string of the molecule is C1=C(c2ccccc2)NC(n2c3ccccc3c3cc4c(cc32)-c2ccccc2-n2c3ccccc3c3cccc-4c32)N=C1c1ccccc1. The minimum Gasteiger partial charge on any atom is -0.346 e. The van der Waals surface area contributed by atoms with Crippen molar-refractivity contribution in [2.75, 3.05) is 0 Å². The van der Waals surface area contributed by atoms with Gasteiger partial charge in [-0.05, 0) is 58.7 Å². The number of allylic oxidation sites excluding steroid dienone is 1. The van der Waals surface area contributed by atoms with Crippen LogP contribution in [0, 0.1) is 0 Å². The van der Waals surface area contributed by atoms with Gasteiger partial charge in [0.2, 0.25) is 6.29 Å². The molecule has 2 aliphatic rings. The lowest BCUT2D eigenvalue weighted by atomic mass is 9.92. The molecule has 4 heteroatoms. The summed E-state index contributed by atoms with van der Waals surface area (Å²) in [5, 5.41) is 8.83. The molecule has 1 N–H and O–H groups in total. The topological polar surface area (TPSA) is 34.2 Å². The summed E-state index contributed by atoms with van der Waals surface area (Å²) in [6.07, 6.45) is 1.81. The second-order valence-electron chi connectivity index (χ2n) is 13.2. The average Bonchev–Trinajstić information content (AvgIpc) is 3.66. The molecule has 7 aromatic carbocycles. The molecule has 4 nitrogen and oxygen atoms in total. The fourth-order valence-electron chi connectivity index (χ4n) is 8.33. The van der Waals surface area contributed by atoms with Gasteiger partial charge in [0.05, 0.1) is 33.5 Å². The van der Waals surface area contributed by atoms with E-state index in [1.807, 2.05) is 0 Å². The number of aliphatic imine (C=N–C) groups is 1. The summed E-state index contributed by atoms with van der Waals surface area (Å²) in [5.41, 5.74) is 15.1. The van der Waals surface area contributed by atoms with Gasteiger partial charge in [0.25, 0.3) is 0 Å². The van der Waals surface area contributed by atoms with E-state index in [9.17, 15) is 0 Å². The zero-order valence-corrected chi connectivity index (χ0v) is 27.1. The first-order valence-corrected chi connectivity index (χ1v) is 17.2. The maximum absolute atomic E-state index is 5.42. The normalized spacial score (nSPS) is 15.0. The van der Waals surface area contributed by atoms with Crippen molar-refractivity contribution in [1.29, 1.82) is 0 Å². The van der Waals surface area contributed by atoms with E-state index in [0.717, 1.165) is 33.6 Å². The molecule has 2 aromatic heterocycles. The molecule has 4 heterocycles. The smallest absolute Gasteiger partial charge is 0.201 e. The molecule has 9 aromatic rings. The molecule has 0 amide bonds. The second kappa shape index (κ2) is 10.4. The highest BCUT2D eigenvalue weighted by Gasteiger charge is 2.28. The van der Waals surface area contributed by atoms with Crippen molar-refractivity contribution in [2.45, 2.75) is 6.29 Å². The third-order valence-electron chi connectivity index (χ3n) is 10.5. The number of hydrogen-bond donors (Lipinski definition) is 1. The fraction of sp³-hybridized carbons (Fsp3) is 0.0217. The first kappa shape index (κ1) is 27.3. The summed E-state index contributed by atoms with van der Waals surface area (Å²) in [7, 11) is 0. The number of hydrogen-bond acceptors (Lipinski definition) is 2. The van der Waals surface area contributed by atoms with Gasteiger partial charge in [0.1, 0.15) is 0 Å². The Morgan fingerprint density at radius 1 is 0.460 bits per heavy atom. The standard InChI is InChI=1S/C46H30N4/c1-3-14-29(15-4-1)39-28-40(30-16-5-2-6-17-30)48-46(47-39)50-43-25-12-9-20-33(43)38-26-36-35-22-13-21-34-31-18-7-10-23-41(31)49(45(34)35)42-24-11-8-19-32(42)37(36)27-44(38)50/h1-28,46-47H. The van der Waals surface area contributed by atoms with Gasteiger partial charge in [0.15, 0.2) is 0 Å². The zero-order chi connectivity index (χ0) is 32.8. The summed E-state index contributed by atoms with van der Waals surface area (Å²) < 4.78 is 4.87. The van der Waals surface area contributed by atoms with Crippen LogP contribution < -0.4 is 5.32 Å². The quantitative estimate of drug-likeness (QED) is 0.205. The molecular weight excluding hydrogens is 609 g/mol. The number of para-hydroxylation sites is 4. The highest BCUT2D eigenvalue weighted by Crippen LogP contribution is 2.49. The van der Waals surface area contributed by atoms with E-state index < -0.39 is 0 Å². The molecular formula is C46H30N4. The van der Waals surface area contributed by atoms with Crippen LogP contribution in [0.2, 0.25) is 0 Å². The van der Waals surface area contributed by atoms with E-state index in [2.05, 4.69) is 184 Å². The Bertz CT molecular complexity index is 2890. The molecule has 50 heavy (non-hydrogen) atoms. The maximum atomic E-state index is 5.42. The Balaban J connectivity index is 1.22. The lowest BCUT2D eigenvalue weighted by molar-refractivity contribution is 0.508. The van der Waals surface area contributed by atoms with Crippen LogP contribution in [0.4, 0.5) is 0 Å². The number of nitrogens with zero attached hydrogens (tertiary/aromatic N) is 3. The van der Waals surface area contributed by atoms with E-state index >= 15 is 0 Å². The minimum atomic E-state index is -0.368. The largest absolute Gasteiger partial charge is 0.346 e. The molecule has 0 spiro atoms. The Morgan fingerprint density at radius 3 is 1.90 bits per heavy atom. The molecule has 234 valence electrons. The molecule has 2 aliphatic heterocycles. The Labute approximate surface area is 288 Å². The first-order valence-electron chi connectivity index (χ1n) is 17.2. The van der Waals surface area contributed by atoms with Crippen LogP contribution in [-0.2, 0) is 0 Å². The first-order chi connectivity index (χ1) is 24.8. The molecule has 0 aliphatic carbocycles. The average molecular weight is 639 g/mol. The predicted octanol–water partition coefficient (Wildman–Crippen LogP) is 11.1. The van der Waals surface area contributed by atoms with Gasteiger partial charge in [-0.25, -0.2) is 4.99 Å². The third-order valence-corrected chi connectivity index (χ3v) is 10.5. The van der Waals surface area contributed by atoms with E-state index in [0.29, 0.717) is 0 Å². The van der Waals surface area contributed by atoms with E-state index in [-0.39, 0.29) is 6.29 Å². The maximum Gasteiger partial charge on any atom is 0.201 e.